The van der Waals surface area contributed by atoms with Crippen LogP contribution >= 0.6 is 11.8 Å². The van der Waals surface area contributed by atoms with E-state index in [9.17, 15) is 0 Å². The fourth-order valence-electron chi connectivity index (χ4n) is 6.55. The highest BCUT2D eigenvalue weighted by molar-refractivity contribution is 8.00. The van der Waals surface area contributed by atoms with Gasteiger partial charge in [0.25, 0.3) is 0 Å². The standard InChI is InChI=1S/C31H28NS/c1-18-21-11-6-7-12-22(21)19(2)31-28(18)30-29-25(15-16-32(30)3)24-14-8-13-23(20-9-4-5-10-20)26(24)17-27(29)33-31/h6-8,11-17,20H,4-5,9-10H2,1-3H3/q+1. The number of benzene rings is 4. The highest BCUT2D eigenvalue weighted by Crippen LogP contribution is 2.53. The molecule has 0 atom stereocenters. The SMILES string of the molecule is Cc1c2c(c(C)c3ccccc13)-c1c3c(cc4c(C5CCCC5)cccc4c3cc[n+]1C)S2. The predicted octanol–water partition coefficient (Wildman–Crippen LogP) is 8.38. The number of aryl methyl sites for hydroxylation is 3. The van der Waals surface area contributed by atoms with E-state index in [0.29, 0.717) is 5.92 Å². The van der Waals surface area contributed by atoms with Gasteiger partial charge in [-0.15, -0.1) is 0 Å². The predicted molar refractivity (Wildman–Crippen MR) is 140 cm³/mol. The van der Waals surface area contributed by atoms with Gasteiger partial charge in [0.15, 0.2) is 6.20 Å². The molecule has 1 saturated carbocycles. The smallest absolute Gasteiger partial charge is 0.200 e. The third-order valence-electron chi connectivity index (χ3n) is 8.20. The maximum Gasteiger partial charge on any atom is 0.222 e. The summed E-state index contributed by atoms with van der Waals surface area (Å²) >= 11 is 1.99. The average molecular weight is 447 g/mol. The molecule has 1 aliphatic carbocycles. The van der Waals surface area contributed by atoms with Gasteiger partial charge < -0.3 is 0 Å². The third kappa shape index (κ3) is 2.65. The topological polar surface area (TPSA) is 3.88 Å². The molecule has 0 radical (unpaired) electrons. The molecule has 1 fully saturated rings. The van der Waals surface area contributed by atoms with E-state index in [2.05, 4.69) is 86.3 Å². The summed E-state index contributed by atoms with van der Waals surface area (Å²) in [6.45, 7) is 4.62. The van der Waals surface area contributed by atoms with Crippen molar-refractivity contribution in [1.29, 1.82) is 0 Å². The minimum Gasteiger partial charge on any atom is -0.200 e. The van der Waals surface area contributed by atoms with E-state index in [1.807, 2.05) is 11.8 Å². The lowest BCUT2D eigenvalue weighted by atomic mass is 9.88. The van der Waals surface area contributed by atoms with Crippen LogP contribution in [0.3, 0.4) is 0 Å². The third-order valence-corrected chi connectivity index (χ3v) is 9.45. The zero-order valence-electron chi connectivity index (χ0n) is 19.5. The summed E-state index contributed by atoms with van der Waals surface area (Å²) in [5, 5.41) is 8.47. The Labute approximate surface area is 199 Å². The van der Waals surface area contributed by atoms with Crippen LogP contribution in [0.25, 0.3) is 43.6 Å². The largest absolute Gasteiger partial charge is 0.222 e. The minimum atomic E-state index is 0.714. The molecule has 1 nitrogen and oxygen atoms in total. The monoisotopic (exact) mass is 446 g/mol. The summed E-state index contributed by atoms with van der Waals surface area (Å²) in [5.74, 6) is 0.714. The van der Waals surface area contributed by atoms with Crippen molar-refractivity contribution in [2.75, 3.05) is 0 Å². The van der Waals surface area contributed by atoms with Crippen LogP contribution in [-0.4, -0.2) is 0 Å². The molecule has 7 rings (SSSR count). The van der Waals surface area contributed by atoms with Gasteiger partial charge in [0.05, 0.1) is 10.9 Å². The molecule has 0 spiro atoms. The molecule has 1 aliphatic heterocycles. The van der Waals surface area contributed by atoms with Crippen molar-refractivity contribution in [2.24, 2.45) is 7.05 Å². The summed E-state index contributed by atoms with van der Waals surface area (Å²) in [7, 11) is 2.21. The summed E-state index contributed by atoms with van der Waals surface area (Å²) in [4.78, 5) is 2.85. The first kappa shape index (κ1) is 19.6. The second kappa shape index (κ2) is 7.08. The summed E-state index contributed by atoms with van der Waals surface area (Å²) in [6.07, 6.45) is 7.68. The number of nitrogens with zero attached hydrogens (tertiary/aromatic N) is 1. The molecule has 0 unspecified atom stereocenters. The molecule has 0 amide bonds. The van der Waals surface area contributed by atoms with Crippen LogP contribution in [-0.2, 0) is 7.05 Å². The lowest BCUT2D eigenvalue weighted by Crippen LogP contribution is -2.32. The Kier molecular flexibility index (Phi) is 4.21. The van der Waals surface area contributed by atoms with Gasteiger partial charge in [-0.3, -0.25) is 0 Å². The van der Waals surface area contributed by atoms with Crippen LogP contribution in [0.2, 0.25) is 0 Å². The van der Waals surface area contributed by atoms with Crippen molar-refractivity contribution in [2.45, 2.75) is 55.2 Å². The van der Waals surface area contributed by atoms with E-state index in [1.54, 1.807) is 5.56 Å². The van der Waals surface area contributed by atoms with Crippen molar-refractivity contribution < 1.29 is 4.57 Å². The van der Waals surface area contributed by atoms with Crippen molar-refractivity contribution in [1.82, 2.24) is 0 Å². The zero-order valence-corrected chi connectivity index (χ0v) is 20.4. The van der Waals surface area contributed by atoms with E-state index in [4.69, 9.17) is 0 Å². The van der Waals surface area contributed by atoms with Crippen molar-refractivity contribution in [3.05, 3.63) is 77.5 Å². The van der Waals surface area contributed by atoms with E-state index >= 15 is 0 Å². The highest BCUT2D eigenvalue weighted by atomic mass is 32.2. The van der Waals surface area contributed by atoms with Crippen LogP contribution < -0.4 is 4.57 Å². The number of hydrogen-bond donors (Lipinski definition) is 0. The lowest BCUT2D eigenvalue weighted by molar-refractivity contribution is -0.659. The first-order chi connectivity index (χ1) is 16.1. The van der Waals surface area contributed by atoms with E-state index < -0.39 is 0 Å². The molecule has 0 bridgehead atoms. The van der Waals surface area contributed by atoms with Gasteiger partial charge >= 0.3 is 0 Å². The molecule has 2 aliphatic rings. The molecule has 0 N–H and O–H groups in total. The van der Waals surface area contributed by atoms with Crippen LogP contribution in [0.1, 0.15) is 48.3 Å². The summed E-state index contributed by atoms with van der Waals surface area (Å²) in [5.41, 5.74) is 7.16. The van der Waals surface area contributed by atoms with Gasteiger partial charge in [0.2, 0.25) is 5.69 Å². The summed E-state index contributed by atoms with van der Waals surface area (Å²) in [6, 6.07) is 20.8. The number of rotatable bonds is 1. The Bertz CT molecular complexity index is 1620. The normalized spacial score (nSPS) is 15.6. The van der Waals surface area contributed by atoms with Gasteiger partial charge in [-0.05, 0) is 76.9 Å². The Morgan fingerprint density at radius 1 is 0.788 bits per heavy atom. The number of hydrogen-bond acceptors (Lipinski definition) is 1. The Morgan fingerprint density at radius 3 is 2.30 bits per heavy atom. The fraction of sp³-hybridized carbons (Fsp3) is 0.258. The Balaban J connectivity index is 1.63. The minimum absolute atomic E-state index is 0.714. The quantitative estimate of drug-likeness (QED) is 0.181. The molecule has 4 aromatic carbocycles. The zero-order chi connectivity index (χ0) is 22.3. The van der Waals surface area contributed by atoms with Gasteiger partial charge in [-0.2, -0.15) is 0 Å². The fourth-order valence-corrected chi connectivity index (χ4v) is 7.87. The second-order valence-electron chi connectivity index (χ2n) is 9.96. The number of pyridine rings is 1. The van der Waals surface area contributed by atoms with Crippen molar-refractivity contribution in [3.8, 4) is 11.3 Å². The van der Waals surface area contributed by atoms with E-state index in [-0.39, 0.29) is 0 Å². The first-order valence-corrected chi connectivity index (χ1v) is 13.0. The van der Waals surface area contributed by atoms with Crippen LogP contribution in [0.4, 0.5) is 0 Å². The lowest BCUT2D eigenvalue weighted by Gasteiger charge is -2.24. The van der Waals surface area contributed by atoms with Gasteiger partial charge in [-0.1, -0.05) is 67.1 Å². The van der Waals surface area contributed by atoms with Crippen molar-refractivity contribution >= 4 is 44.1 Å². The molecule has 0 saturated heterocycles. The molecule has 2 heterocycles. The Hall–Kier alpha value is -2.84. The van der Waals surface area contributed by atoms with Gasteiger partial charge in [0, 0.05) is 21.2 Å². The van der Waals surface area contributed by atoms with Crippen molar-refractivity contribution in [3.63, 3.8) is 0 Å². The molecule has 2 heteroatoms. The molecule has 162 valence electrons. The first-order valence-electron chi connectivity index (χ1n) is 12.2. The number of fused-ring (bicyclic) bond motifs is 5. The molecule has 5 aromatic rings. The number of aromatic nitrogens is 1. The maximum atomic E-state index is 2.52. The van der Waals surface area contributed by atoms with Gasteiger partial charge in [0.1, 0.15) is 7.05 Å². The van der Waals surface area contributed by atoms with E-state index in [0.717, 1.165) is 0 Å². The average Bonchev–Trinajstić information content (AvgIpc) is 3.38. The van der Waals surface area contributed by atoms with E-state index in [1.165, 1.54) is 90.2 Å². The van der Waals surface area contributed by atoms with Crippen LogP contribution in [0, 0.1) is 13.8 Å². The van der Waals surface area contributed by atoms with Crippen LogP contribution in [0.15, 0.2) is 70.6 Å². The second-order valence-corrected chi connectivity index (χ2v) is 11.0. The molecular formula is C31H28NS+. The summed E-state index contributed by atoms with van der Waals surface area (Å²) < 4.78 is 2.35. The Morgan fingerprint density at radius 2 is 1.52 bits per heavy atom. The maximum absolute atomic E-state index is 2.52. The molecule has 33 heavy (non-hydrogen) atoms. The molecule has 1 aromatic heterocycles. The van der Waals surface area contributed by atoms with Crippen LogP contribution in [0.5, 0.6) is 0 Å². The van der Waals surface area contributed by atoms with Gasteiger partial charge in [-0.25, -0.2) is 4.57 Å². The highest BCUT2D eigenvalue weighted by Gasteiger charge is 2.32. The molecular weight excluding hydrogens is 418 g/mol.